The summed E-state index contributed by atoms with van der Waals surface area (Å²) in [6.45, 7) is 0.689. The quantitative estimate of drug-likeness (QED) is 0.630. The van der Waals surface area contributed by atoms with E-state index < -0.39 is 0 Å². The summed E-state index contributed by atoms with van der Waals surface area (Å²) in [5.41, 5.74) is 7.14. The Kier molecular flexibility index (Phi) is 3.30. The van der Waals surface area contributed by atoms with Crippen LogP contribution in [0.15, 0.2) is 18.2 Å². The van der Waals surface area contributed by atoms with Crippen LogP contribution in [0.1, 0.15) is 6.42 Å². The molecule has 1 saturated heterocycles. The van der Waals surface area contributed by atoms with Crippen molar-refractivity contribution >= 4 is 41.5 Å². The van der Waals surface area contributed by atoms with Gasteiger partial charge in [-0.15, -0.1) is 0 Å². The maximum absolute atomic E-state index is 11.8. The smallest absolute Gasteiger partial charge is 0.227 e. The van der Waals surface area contributed by atoms with Crippen LogP contribution in [-0.4, -0.2) is 18.2 Å². The highest BCUT2D eigenvalue weighted by molar-refractivity contribution is 7.80. The SMILES string of the molecule is Nc1cc(Cl)ccc1N1CC(CS)CC1=O. The van der Waals surface area contributed by atoms with E-state index in [2.05, 4.69) is 12.6 Å². The Morgan fingerprint density at radius 2 is 2.31 bits per heavy atom. The summed E-state index contributed by atoms with van der Waals surface area (Å²) in [7, 11) is 0. The summed E-state index contributed by atoms with van der Waals surface area (Å²) < 4.78 is 0. The van der Waals surface area contributed by atoms with Crippen molar-refractivity contribution in [2.75, 3.05) is 22.9 Å². The van der Waals surface area contributed by atoms with Gasteiger partial charge in [-0.05, 0) is 29.9 Å². The lowest BCUT2D eigenvalue weighted by Gasteiger charge is -2.18. The summed E-state index contributed by atoms with van der Waals surface area (Å²) in [5, 5.41) is 0.582. The number of benzene rings is 1. The minimum atomic E-state index is 0.105. The first kappa shape index (κ1) is 11.6. The number of carbonyl (C=O) groups is 1. The Hall–Kier alpha value is -0.870. The number of hydrogen-bond acceptors (Lipinski definition) is 3. The van der Waals surface area contributed by atoms with Gasteiger partial charge in [-0.2, -0.15) is 12.6 Å². The van der Waals surface area contributed by atoms with Crippen LogP contribution in [0.3, 0.4) is 0 Å². The molecule has 0 radical (unpaired) electrons. The molecule has 1 unspecified atom stereocenters. The fourth-order valence-corrected chi connectivity index (χ4v) is 2.33. The molecule has 2 rings (SSSR count). The van der Waals surface area contributed by atoms with Crippen molar-refractivity contribution in [1.29, 1.82) is 0 Å². The lowest BCUT2D eigenvalue weighted by atomic mass is 10.1. The molecule has 0 bridgehead atoms. The van der Waals surface area contributed by atoms with E-state index in [0.29, 0.717) is 29.6 Å². The van der Waals surface area contributed by atoms with Crippen LogP contribution < -0.4 is 10.6 Å². The molecule has 1 aliphatic heterocycles. The van der Waals surface area contributed by atoms with Crippen LogP contribution in [0.25, 0.3) is 0 Å². The number of nitrogen functional groups attached to an aromatic ring is 1. The van der Waals surface area contributed by atoms with E-state index >= 15 is 0 Å². The van der Waals surface area contributed by atoms with Crippen LogP contribution in [0.5, 0.6) is 0 Å². The summed E-state index contributed by atoms with van der Waals surface area (Å²) in [5.74, 6) is 1.13. The molecule has 1 aromatic rings. The molecule has 1 fully saturated rings. The zero-order valence-electron chi connectivity index (χ0n) is 8.69. The number of halogens is 1. The zero-order valence-corrected chi connectivity index (χ0v) is 10.3. The number of anilines is 2. The van der Waals surface area contributed by atoms with Crippen LogP contribution >= 0.6 is 24.2 Å². The van der Waals surface area contributed by atoms with Gasteiger partial charge in [-0.25, -0.2) is 0 Å². The molecule has 0 aromatic heterocycles. The molecule has 1 amide bonds. The third-order valence-corrected chi connectivity index (χ3v) is 3.50. The number of nitrogens with zero attached hydrogens (tertiary/aromatic N) is 1. The Morgan fingerprint density at radius 3 is 2.88 bits per heavy atom. The molecule has 2 N–H and O–H groups in total. The van der Waals surface area contributed by atoms with E-state index in [4.69, 9.17) is 17.3 Å². The molecule has 16 heavy (non-hydrogen) atoms. The fraction of sp³-hybridized carbons (Fsp3) is 0.364. The van der Waals surface area contributed by atoms with Gasteiger partial charge in [-0.1, -0.05) is 11.6 Å². The van der Waals surface area contributed by atoms with Gasteiger partial charge in [-0.3, -0.25) is 4.79 Å². The molecule has 0 aliphatic carbocycles. The van der Waals surface area contributed by atoms with E-state index in [1.165, 1.54) is 0 Å². The number of amides is 1. The molecule has 0 spiro atoms. The Balaban J connectivity index is 2.28. The van der Waals surface area contributed by atoms with Crippen molar-refractivity contribution in [3.8, 4) is 0 Å². The Labute approximate surface area is 105 Å². The van der Waals surface area contributed by atoms with Crippen LogP contribution in [-0.2, 0) is 4.79 Å². The molecule has 5 heteroatoms. The maximum atomic E-state index is 11.8. The number of hydrogen-bond donors (Lipinski definition) is 2. The number of carbonyl (C=O) groups excluding carboxylic acids is 1. The molecule has 0 saturated carbocycles. The maximum Gasteiger partial charge on any atom is 0.227 e. The van der Waals surface area contributed by atoms with Crippen molar-refractivity contribution in [3.05, 3.63) is 23.2 Å². The average molecular weight is 257 g/mol. The predicted molar refractivity (Wildman–Crippen MR) is 70.2 cm³/mol. The minimum absolute atomic E-state index is 0.105. The zero-order chi connectivity index (χ0) is 11.7. The number of nitrogens with two attached hydrogens (primary N) is 1. The van der Waals surface area contributed by atoms with Crippen molar-refractivity contribution < 1.29 is 4.79 Å². The number of thiol groups is 1. The highest BCUT2D eigenvalue weighted by Crippen LogP contribution is 2.31. The topological polar surface area (TPSA) is 46.3 Å². The second-order valence-electron chi connectivity index (χ2n) is 3.96. The first-order valence-corrected chi connectivity index (χ1v) is 6.09. The molecule has 1 heterocycles. The van der Waals surface area contributed by atoms with Crippen LogP contribution in [0.4, 0.5) is 11.4 Å². The van der Waals surface area contributed by atoms with E-state index in [0.717, 1.165) is 11.4 Å². The third kappa shape index (κ3) is 2.13. The van der Waals surface area contributed by atoms with E-state index in [1.807, 2.05) is 0 Å². The van der Waals surface area contributed by atoms with E-state index in [-0.39, 0.29) is 5.91 Å². The van der Waals surface area contributed by atoms with Gasteiger partial charge in [0.05, 0.1) is 11.4 Å². The molecule has 1 aliphatic rings. The van der Waals surface area contributed by atoms with Gasteiger partial charge >= 0.3 is 0 Å². The average Bonchev–Trinajstić information content (AvgIpc) is 2.60. The highest BCUT2D eigenvalue weighted by atomic mass is 35.5. The lowest BCUT2D eigenvalue weighted by molar-refractivity contribution is -0.117. The van der Waals surface area contributed by atoms with Gasteiger partial charge in [0.15, 0.2) is 0 Å². The van der Waals surface area contributed by atoms with Crippen LogP contribution in [0.2, 0.25) is 5.02 Å². The highest BCUT2D eigenvalue weighted by Gasteiger charge is 2.30. The van der Waals surface area contributed by atoms with E-state index in [9.17, 15) is 4.79 Å². The lowest BCUT2D eigenvalue weighted by Crippen LogP contribution is -2.25. The Morgan fingerprint density at radius 1 is 1.56 bits per heavy atom. The Bertz CT molecular complexity index is 424. The van der Waals surface area contributed by atoms with Crippen molar-refractivity contribution in [3.63, 3.8) is 0 Å². The van der Waals surface area contributed by atoms with Crippen molar-refractivity contribution in [2.24, 2.45) is 5.92 Å². The van der Waals surface area contributed by atoms with Crippen molar-refractivity contribution in [1.82, 2.24) is 0 Å². The standard InChI is InChI=1S/C11H13ClN2OS/c12-8-1-2-10(9(13)4-8)14-5-7(6-16)3-11(14)15/h1-2,4,7,16H,3,5-6,13H2. The summed E-state index contributed by atoms with van der Waals surface area (Å²) in [6, 6.07) is 5.20. The summed E-state index contributed by atoms with van der Waals surface area (Å²) in [6.07, 6.45) is 0.547. The van der Waals surface area contributed by atoms with Gasteiger partial charge < -0.3 is 10.6 Å². The molecule has 3 nitrogen and oxygen atoms in total. The predicted octanol–water partition coefficient (Wildman–Crippen LogP) is 2.20. The molecule has 1 atom stereocenters. The van der Waals surface area contributed by atoms with E-state index in [1.54, 1.807) is 23.1 Å². The van der Waals surface area contributed by atoms with Crippen molar-refractivity contribution in [2.45, 2.75) is 6.42 Å². The molecular formula is C11H13ClN2OS. The first-order chi connectivity index (χ1) is 7.61. The van der Waals surface area contributed by atoms with Crippen LogP contribution in [0, 0.1) is 5.92 Å². The monoisotopic (exact) mass is 256 g/mol. The largest absolute Gasteiger partial charge is 0.397 e. The van der Waals surface area contributed by atoms with Gasteiger partial charge in [0, 0.05) is 18.0 Å². The summed E-state index contributed by atoms with van der Waals surface area (Å²) >= 11 is 10.0. The minimum Gasteiger partial charge on any atom is -0.397 e. The van der Waals surface area contributed by atoms with Gasteiger partial charge in [0.1, 0.15) is 0 Å². The normalized spacial score (nSPS) is 20.5. The first-order valence-electron chi connectivity index (χ1n) is 5.08. The molecule has 1 aromatic carbocycles. The third-order valence-electron chi connectivity index (χ3n) is 2.74. The van der Waals surface area contributed by atoms with Gasteiger partial charge in [0.25, 0.3) is 0 Å². The fourth-order valence-electron chi connectivity index (χ4n) is 1.91. The summed E-state index contributed by atoms with van der Waals surface area (Å²) in [4.78, 5) is 13.5. The van der Waals surface area contributed by atoms with Gasteiger partial charge in [0.2, 0.25) is 5.91 Å². The number of rotatable bonds is 2. The second-order valence-corrected chi connectivity index (χ2v) is 4.76. The molecule has 86 valence electrons. The second kappa shape index (κ2) is 4.55. The molecular weight excluding hydrogens is 244 g/mol.